The molecule has 1 aromatic rings. The van der Waals surface area contributed by atoms with Crippen molar-refractivity contribution >= 4 is 21.8 Å². The molecule has 0 fully saturated rings. The highest BCUT2D eigenvalue weighted by Crippen LogP contribution is 2.32. The van der Waals surface area contributed by atoms with E-state index in [1.54, 1.807) is 0 Å². The summed E-state index contributed by atoms with van der Waals surface area (Å²) in [5, 5.41) is 10.8. The van der Waals surface area contributed by atoms with Gasteiger partial charge < -0.3 is 9.29 Å². The van der Waals surface area contributed by atoms with Gasteiger partial charge in [0.25, 0.3) is 0 Å². The summed E-state index contributed by atoms with van der Waals surface area (Å²) in [6.07, 6.45) is 0.789. The second-order valence-electron chi connectivity index (χ2n) is 3.42. The summed E-state index contributed by atoms with van der Waals surface area (Å²) < 4.78 is 37.4. The van der Waals surface area contributed by atoms with Gasteiger partial charge in [-0.15, -0.1) is 0 Å². The van der Waals surface area contributed by atoms with Gasteiger partial charge in [0.2, 0.25) is 5.75 Å². The Kier molecular flexibility index (Phi) is 5.43. The number of nitro groups is 1. The average molecular weight is 301 g/mol. The second-order valence-corrected chi connectivity index (χ2v) is 4.77. The van der Waals surface area contributed by atoms with Crippen molar-refractivity contribution in [3.63, 3.8) is 0 Å². The van der Waals surface area contributed by atoms with Crippen molar-refractivity contribution in [1.82, 2.24) is 0 Å². The number of ether oxygens (including phenoxy) is 1. The van der Waals surface area contributed by atoms with Crippen LogP contribution in [-0.4, -0.2) is 23.9 Å². The molecule has 0 atom stereocenters. The Bertz CT molecular complexity index is 664. The molecule has 0 radical (unpaired) electrons. The molecule has 1 aromatic carbocycles. The number of esters is 1. The van der Waals surface area contributed by atoms with Crippen LogP contribution in [0.1, 0.15) is 5.56 Å². The van der Waals surface area contributed by atoms with Crippen LogP contribution in [0.25, 0.3) is 0 Å². The molecule has 0 aliphatic carbocycles. The van der Waals surface area contributed by atoms with Gasteiger partial charge in [-0.3, -0.25) is 10.1 Å². The molecule has 8 nitrogen and oxygen atoms in total. The zero-order chi connectivity index (χ0) is 14.8. The molecule has 0 aliphatic rings. The standard InChI is InChI=1S/C10H9NO7S.CH3/c1-3-10(12)18-8-4-6(2)9(19(15,16)17)5-7(8)11(13)14;/h3-5H,1H2,2H3,(H,15,16,17);1H3/q;+1/p-1. The SMILES string of the molecule is C=CC(=O)Oc1cc(C)c(S(=O)(=O)[O-])cc1[N+](=O)[O-].[CH3+]. The largest absolute Gasteiger partial charge is 0.744 e. The van der Waals surface area contributed by atoms with E-state index in [0.717, 1.165) is 12.1 Å². The lowest BCUT2D eigenvalue weighted by Crippen LogP contribution is -2.08. The molecular formula is C11H11NO7S. The van der Waals surface area contributed by atoms with E-state index in [1.807, 2.05) is 0 Å². The first-order valence-electron chi connectivity index (χ1n) is 4.76. The molecule has 0 spiro atoms. The summed E-state index contributed by atoms with van der Waals surface area (Å²) >= 11 is 0. The minimum absolute atomic E-state index is 0. The van der Waals surface area contributed by atoms with Crippen molar-refractivity contribution in [2.75, 3.05) is 0 Å². The Balaban J connectivity index is 0.00000361. The Morgan fingerprint density at radius 1 is 1.45 bits per heavy atom. The molecule has 0 saturated carbocycles. The van der Waals surface area contributed by atoms with Crippen molar-refractivity contribution in [3.8, 4) is 5.75 Å². The first-order chi connectivity index (χ1) is 8.66. The Morgan fingerprint density at radius 3 is 2.40 bits per heavy atom. The highest BCUT2D eigenvalue weighted by atomic mass is 32.2. The van der Waals surface area contributed by atoms with Gasteiger partial charge in [-0.25, -0.2) is 13.2 Å². The number of carbonyl (C=O) groups excluding carboxylic acids is 1. The quantitative estimate of drug-likeness (QED) is 0.156. The van der Waals surface area contributed by atoms with E-state index in [-0.39, 0.29) is 13.0 Å². The third-order valence-electron chi connectivity index (χ3n) is 2.10. The first kappa shape index (κ1) is 17.6. The maximum absolute atomic E-state index is 11.0. The van der Waals surface area contributed by atoms with Gasteiger partial charge in [0.05, 0.1) is 9.82 Å². The lowest BCUT2D eigenvalue weighted by atomic mass is 10.2. The van der Waals surface area contributed by atoms with Gasteiger partial charge >= 0.3 is 11.7 Å². The number of aryl methyl sites for hydroxylation is 1. The molecule has 0 bridgehead atoms. The normalized spacial score (nSPS) is 10.3. The van der Waals surface area contributed by atoms with Crippen LogP contribution in [0.15, 0.2) is 29.7 Å². The number of hydrogen-bond donors (Lipinski definition) is 0. The van der Waals surface area contributed by atoms with E-state index in [0.29, 0.717) is 6.07 Å². The fourth-order valence-electron chi connectivity index (χ4n) is 1.29. The number of benzene rings is 1. The van der Waals surface area contributed by atoms with Crippen LogP contribution >= 0.6 is 0 Å². The monoisotopic (exact) mass is 301 g/mol. The van der Waals surface area contributed by atoms with E-state index in [1.165, 1.54) is 6.92 Å². The smallest absolute Gasteiger partial charge is 0.335 e. The lowest BCUT2D eigenvalue weighted by Gasteiger charge is -2.12. The summed E-state index contributed by atoms with van der Waals surface area (Å²) in [4.78, 5) is 20.1. The molecular weight excluding hydrogens is 290 g/mol. The van der Waals surface area contributed by atoms with E-state index in [4.69, 9.17) is 0 Å². The minimum Gasteiger partial charge on any atom is -0.744 e. The number of rotatable bonds is 4. The third-order valence-corrected chi connectivity index (χ3v) is 3.08. The van der Waals surface area contributed by atoms with Crippen LogP contribution in [0.2, 0.25) is 0 Å². The molecule has 20 heavy (non-hydrogen) atoms. The van der Waals surface area contributed by atoms with Crippen LogP contribution in [0.3, 0.4) is 0 Å². The molecule has 0 amide bonds. The number of hydrogen-bond acceptors (Lipinski definition) is 7. The average Bonchev–Trinajstić information content (AvgIpc) is 2.26. The van der Waals surface area contributed by atoms with Gasteiger partial charge in [-0.05, 0) is 18.6 Å². The molecule has 0 saturated heterocycles. The Morgan fingerprint density at radius 2 is 2.00 bits per heavy atom. The number of nitrogens with zero attached hydrogens (tertiary/aromatic N) is 1. The van der Waals surface area contributed by atoms with Crippen LogP contribution in [-0.2, 0) is 14.9 Å². The zero-order valence-electron chi connectivity index (χ0n) is 10.7. The van der Waals surface area contributed by atoms with Gasteiger partial charge in [0.1, 0.15) is 10.1 Å². The molecule has 0 heterocycles. The summed E-state index contributed by atoms with van der Waals surface area (Å²) in [6, 6.07) is 1.49. The molecule has 108 valence electrons. The van der Waals surface area contributed by atoms with Gasteiger partial charge in [0.15, 0.2) is 0 Å². The minimum atomic E-state index is -4.86. The van der Waals surface area contributed by atoms with Crippen molar-refractivity contribution in [1.29, 1.82) is 0 Å². The lowest BCUT2D eigenvalue weighted by molar-refractivity contribution is -0.385. The zero-order valence-corrected chi connectivity index (χ0v) is 11.5. The molecule has 0 N–H and O–H groups in total. The summed E-state index contributed by atoms with van der Waals surface area (Å²) in [6.45, 7) is 4.37. The van der Waals surface area contributed by atoms with Gasteiger partial charge in [0, 0.05) is 19.6 Å². The number of carbonyl (C=O) groups is 1. The van der Waals surface area contributed by atoms with Crippen LogP contribution in [0.5, 0.6) is 5.75 Å². The van der Waals surface area contributed by atoms with E-state index in [2.05, 4.69) is 11.3 Å². The van der Waals surface area contributed by atoms with Crippen molar-refractivity contribution in [2.45, 2.75) is 11.8 Å². The van der Waals surface area contributed by atoms with Crippen molar-refractivity contribution in [2.24, 2.45) is 0 Å². The molecule has 9 heteroatoms. The number of nitro benzene ring substituents is 1. The maximum Gasteiger partial charge on any atom is 0.335 e. The summed E-state index contributed by atoms with van der Waals surface area (Å²) in [5.41, 5.74) is -0.859. The molecule has 0 aromatic heterocycles. The molecule has 0 unspecified atom stereocenters. The maximum atomic E-state index is 11.0. The van der Waals surface area contributed by atoms with Crippen molar-refractivity contribution < 1.29 is 27.4 Å². The van der Waals surface area contributed by atoms with Crippen LogP contribution in [0.4, 0.5) is 5.69 Å². The van der Waals surface area contributed by atoms with E-state index in [9.17, 15) is 27.9 Å². The second kappa shape index (κ2) is 6.17. The fraction of sp³-hybridized carbons (Fsp3) is 0.0909. The van der Waals surface area contributed by atoms with Gasteiger partial charge in [-0.2, -0.15) is 0 Å². The predicted octanol–water partition coefficient (Wildman–Crippen LogP) is 1.35. The Labute approximate surface area is 115 Å². The summed E-state index contributed by atoms with van der Waals surface area (Å²) in [5.74, 6) is -1.40. The van der Waals surface area contributed by atoms with Crippen LogP contribution in [0, 0.1) is 24.5 Å². The molecule has 1 rings (SSSR count). The van der Waals surface area contributed by atoms with Gasteiger partial charge in [-0.1, -0.05) is 6.58 Å². The van der Waals surface area contributed by atoms with E-state index >= 15 is 0 Å². The fourth-order valence-corrected chi connectivity index (χ4v) is 2.00. The third kappa shape index (κ3) is 3.80. The highest BCUT2D eigenvalue weighted by molar-refractivity contribution is 7.85. The van der Waals surface area contributed by atoms with E-state index < -0.39 is 37.3 Å². The first-order valence-corrected chi connectivity index (χ1v) is 6.17. The van der Waals surface area contributed by atoms with Crippen molar-refractivity contribution in [3.05, 3.63) is 47.9 Å². The van der Waals surface area contributed by atoms with Crippen LogP contribution < -0.4 is 4.74 Å². The summed E-state index contributed by atoms with van der Waals surface area (Å²) in [7, 11) is -4.86. The highest BCUT2D eigenvalue weighted by Gasteiger charge is 2.22. The molecule has 0 aliphatic heterocycles. The predicted molar refractivity (Wildman–Crippen MR) is 68.0 cm³/mol. The Hall–Kier alpha value is -2.39. The topological polar surface area (TPSA) is 127 Å².